The molecular weight excluding hydrogens is 262 g/mol. The number of hydrogen-bond acceptors (Lipinski definition) is 4. The third-order valence-corrected chi connectivity index (χ3v) is 3.89. The highest BCUT2D eigenvalue weighted by molar-refractivity contribution is 6.04. The number of amides is 4. The Morgan fingerprint density at radius 1 is 1.30 bits per heavy atom. The van der Waals surface area contributed by atoms with Crippen molar-refractivity contribution < 1.29 is 14.4 Å². The van der Waals surface area contributed by atoms with Crippen molar-refractivity contribution in [3.05, 3.63) is 17.5 Å². The largest absolute Gasteiger partial charge is 0.344 e. The van der Waals surface area contributed by atoms with Crippen LogP contribution in [0, 0.1) is 12.8 Å². The number of nitrogens with zero attached hydrogens (tertiary/aromatic N) is 2. The van der Waals surface area contributed by atoms with Gasteiger partial charge < -0.3 is 10.2 Å². The van der Waals surface area contributed by atoms with Gasteiger partial charge in [-0.2, -0.15) is 5.10 Å². The number of H-pyrrole nitrogens is 1. The van der Waals surface area contributed by atoms with E-state index < -0.39 is 23.9 Å². The molecule has 0 saturated carbocycles. The van der Waals surface area contributed by atoms with Gasteiger partial charge in [0, 0.05) is 6.54 Å². The van der Waals surface area contributed by atoms with E-state index in [4.69, 9.17) is 0 Å². The summed E-state index contributed by atoms with van der Waals surface area (Å²) in [5.74, 6) is -1.29. The van der Waals surface area contributed by atoms with Gasteiger partial charge in [0.25, 0.3) is 0 Å². The Morgan fingerprint density at radius 3 is 2.70 bits per heavy atom. The molecular formula is C12H15N5O3. The van der Waals surface area contributed by atoms with Crippen LogP contribution in [0.3, 0.4) is 0 Å². The summed E-state index contributed by atoms with van der Waals surface area (Å²) in [6, 6.07) is -1.60. The fraction of sp³-hybridized carbons (Fsp3) is 0.500. The summed E-state index contributed by atoms with van der Waals surface area (Å²) in [6.45, 7) is 3.82. The number of fused-ring (bicyclic) bond motifs is 1. The summed E-state index contributed by atoms with van der Waals surface area (Å²) in [5.41, 5.74) is 1.68. The van der Waals surface area contributed by atoms with Crippen molar-refractivity contribution in [1.82, 2.24) is 25.7 Å². The van der Waals surface area contributed by atoms with Crippen LogP contribution in [0.4, 0.5) is 4.79 Å². The normalized spacial score (nSPS) is 29.8. The van der Waals surface area contributed by atoms with Gasteiger partial charge in [-0.15, -0.1) is 0 Å². The number of rotatable bonds is 1. The van der Waals surface area contributed by atoms with Gasteiger partial charge in [-0.3, -0.25) is 20.0 Å². The molecule has 3 atom stereocenters. The second kappa shape index (κ2) is 4.32. The van der Waals surface area contributed by atoms with E-state index in [1.807, 2.05) is 6.92 Å². The van der Waals surface area contributed by atoms with Crippen LogP contribution < -0.4 is 10.6 Å². The minimum Gasteiger partial charge on any atom is -0.344 e. The smallest absolute Gasteiger partial charge is 0.324 e. The highest BCUT2D eigenvalue weighted by Gasteiger charge is 2.47. The average molecular weight is 277 g/mol. The third kappa shape index (κ3) is 1.75. The predicted octanol–water partition coefficient (Wildman–Crippen LogP) is -0.554. The summed E-state index contributed by atoms with van der Waals surface area (Å²) < 4.78 is 0. The Morgan fingerprint density at radius 2 is 2.05 bits per heavy atom. The molecule has 1 aromatic heterocycles. The van der Waals surface area contributed by atoms with E-state index in [1.54, 1.807) is 13.1 Å². The molecule has 3 N–H and O–H groups in total. The Balaban J connectivity index is 1.91. The molecule has 3 unspecified atom stereocenters. The maximum atomic E-state index is 12.2. The summed E-state index contributed by atoms with van der Waals surface area (Å²) in [7, 11) is 0. The molecule has 0 aromatic carbocycles. The van der Waals surface area contributed by atoms with Crippen LogP contribution in [-0.4, -0.2) is 45.5 Å². The third-order valence-electron chi connectivity index (χ3n) is 3.89. The van der Waals surface area contributed by atoms with E-state index in [1.165, 1.54) is 4.90 Å². The van der Waals surface area contributed by atoms with Gasteiger partial charge in [-0.1, -0.05) is 6.92 Å². The van der Waals surface area contributed by atoms with Crippen molar-refractivity contribution in [3.63, 3.8) is 0 Å². The van der Waals surface area contributed by atoms with Gasteiger partial charge in [0.15, 0.2) is 0 Å². The number of carbonyl (C=O) groups is 3. The molecule has 20 heavy (non-hydrogen) atoms. The van der Waals surface area contributed by atoms with Crippen molar-refractivity contribution in [1.29, 1.82) is 0 Å². The molecule has 0 spiro atoms. The van der Waals surface area contributed by atoms with Gasteiger partial charge in [0.1, 0.15) is 6.04 Å². The molecule has 2 aliphatic rings. The fourth-order valence-electron chi connectivity index (χ4n) is 2.77. The molecule has 106 valence electrons. The van der Waals surface area contributed by atoms with E-state index in [2.05, 4.69) is 20.8 Å². The number of aromatic nitrogens is 2. The predicted molar refractivity (Wildman–Crippen MR) is 67.4 cm³/mol. The minimum atomic E-state index is -0.740. The molecule has 4 amide bonds. The Hall–Kier alpha value is -2.38. The van der Waals surface area contributed by atoms with Crippen molar-refractivity contribution in [2.24, 2.45) is 5.92 Å². The Bertz CT molecular complexity index is 596. The molecule has 8 heteroatoms. The minimum absolute atomic E-state index is 0.308. The van der Waals surface area contributed by atoms with Gasteiger partial charge in [0.05, 0.1) is 23.9 Å². The topological polar surface area (TPSA) is 107 Å². The average Bonchev–Trinajstić information content (AvgIpc) is 2.81. The van der Waals surface area contributed by atoms with Crippen molar-refractivity contribution >= 4 is 17.8 Å². The molecule has 8 nitrogen and oxygen atoms in total. The molecule has 2 saturated heterocycles. The lowest BCUT2D eigenvalue weighted by molar-refractivity contribution is -0.140. The second-order valence-electron chi connectivity index (χ2n) is 5.21. The van der Waals surface area contributed by atoms with Crippen molar-refractivity contribution in [2.75, 3.05) is 6.54 Å². The van der Waals surface area contributed by atoms with Gasteiger partial charge in [-0.05, 0) is 12.5 Å². The summed E-state index contributed by atoms with van der Waals surface area (Å²) in [5, 5.41) is 11.9. The lowest BCUT2D eigenvalue weighted by Gasteiger charge is -2.43. The molecule has 1 aromatic rings. The Kier molecular flexibility index (Phi) is 2.73. The van der Waals surface area contributed by atoms with E-state index >= 15 is 0 Å². The van der Waals surface area contributed by atoms with Crippen molar-refractivity contribution in [3.8, 4) is 0 Å². The molecule has 0 radical (unpaired) electrons. The maximum Gasteiger partial charge on any atom is 0.324 e. The molecule has 2 aliphatic heterocycles. The number of imide groups is 1. The number of carbonyl (C=O) groups excluding carboxylic acids is 3. The first-order chi connectivity index (χ1) is 9.49. The van der Waals surface area contributed by atoms with Crippen LogP contribution >= 0.6 is 0 Å². The molecule has 3 heterocycles. The molecule has 0 aliphatic carbocycles. The van der Waals surface area contributed by atoms with E-state index in [0.717, 1.165) is 11.3 Å². The molecule has 3 rings (SSSR count). The summed E-state index contributed by atoms with van der Waals surface area (Å²) >= 11 is 0. The quantitative estimate of drug-likeness (QED) is 0.640. The number of piperazine rings is 1. The number of nitrogens with one attached hydrogen (secondary N) is 3. The zero-order valence-corrected chi connectivity index (χ0v) is 11.1. The van der Waals surface area contributed by atoms with Crippen LogP contribution in [0.25, 0.3) is 0 Å². The fourth-order valence-corrected chi connectivity index (χ4v) is 2.77. The number of aryl methyl sites for hydroxylation is 1. The van der Waals surface area contributed by atoms with Gasteiger partial charge in [0.2, 0.25) is 11.8 Å². The van der Waals surface area contributed by atoms with E-state index in [0.29, 0.717) is 6.54 Å². The standard InChI is InChI=1S/C12H15N5O3/c1-5-3-13-16-8(5)7-4-17-9(11(19)14-7)6(2)10(18)15-12(17)20/h3,6-7,9H,4H2,1-2H3,(H,13,16)(H,14,19)(H,15,18,20). The summed E-state index contributed by atoms with van der Waals surface area (Å²) in [6.07, 6.45) is 1.66. The first-order valence-corrected chi connectivity index (χ1v) is 6.40. The first kappa shape index (κ1) is 12.6. The monoisotopic (exact) mass is 277 g/mol. The van der Waals surface area contributed by atoms with Gasteiger partial charge in [-0.25, -0.2) is 4.79 Å². The van der Waals surface area contributed by atoms with Crippen LogP contribution in [0.15, 0.2) is 6.20 Å². The lowest BCUT2D eigenvalue weighted by atomic mass is 9.92. The van der Waals surface area contributed by atoms with E-state index in [-0.39, 0.29) is 11.9 Å². The number of urea groups is 1. The Labute approximate surface area is 114 Å². The molecule has 2 fully saturated rings. The molecule has 0 bridgehead atoms. The van der Waals surface area contributed by atoms with Crippen LogP contribution in [-0.2, 0) is 9.59 Å². The van der Waals surface area contributed by atoms with Crippen LogP contribution in [0.1, 0.15) is 24.2 Å². The number of aromatic amines is 1. The highest BCUT2D eigenvalue weighted by Crippen LogP contribution is 2.27. The first-order valence-electron chi connectivity index (χ1n) is 6.40. The number of hydrogen-bond donors (Lipinski definition) is 3. The summed E-state index contributed by atoms with van der Waals surface area (Å²) in [4.78, 5) is 37.2. The second-order valence-corrected chi connectivity index (χ2v) is 5.21. The van der Waals surface area contributed by atoms with Crippen LogP contribution in [0.2, 0.25) is 0 Å². The lowest BCUT2D eigenvalue weighted by Crippen LogP contribution is -2.68. The van der Waals surface area contributed by atoms with Gasteiger partial charge >= 0.3 is 6.03 Å². The van der Waals surface area contributed by atoms with Crippen molar-refractivity contribution in [2.45, 2.75) is 25.9 Å². The zero-order valence-electron chi connectivity index (χ0n) is 11.1. The highest BCUT2D eigenvalue weighted by atomic mass is 16.2. The maximum absolute atomic E-state index is 12.2. The SMILES string of the molecule is Cc1cn[nH]c1C1CN2C(=O)NC(=O)C(C)C2C(=O)N1. The van der Waals surface area contributed by atoms with E-state index in [9.17, 15) is 14.4 Å². The van der Waals surface area contributed by atoms with Crippen LogP contribution in [0.5, 0.6) is 0 Å². The zero-order chi connectivity index (χ0) is 14.4.